The summed E-state index contributed by atoms with van der Waals surface area (Å²) >= 11 is 0. The van der Waals surface area contributed by atoms with Crippen molar-refractivity contribution in [1.29, 1.82) is 5.41 Å². The van der Waals surface area contributed by atoms with Gasteiger partial charge >= 0.3 is 0 Å². The van der Waals surface area contributed by atoms with E-state index in [0.717, 1.165) is 12.3 Å². The number of hydrogen-bond acceptors (Lipinski definition) is 4. The largest absolute Gasteiger partial charge is 0.384 e. The van der Waals surface area contributed by atoms with Crippen molar-refractivity contribution in [3.05, 3.63) is 42.0 Å². The van der Waals surface area contributed by atoms with Crippen molar-refractivity contribution in [3.8, 4) is 5.69 Å². The molecular weight excluding hydrogens is 271 g/mol. The molecule has 0 amide bonds. The SMILES string of the molecule is CS(=O)(=O)c1cnn(-c2ccc(F)cc2C(=N)N)c1. The monoisotopic (exact) mass is 282 g/mol. The van der Waals surface area contributed by atoms with Gasteiger partial charge in [-0.25, -0.2) is 17.5 Å². The van der Waals surface area contributed by atoms with Crippen LogP contribution in [0.15, 0.2) is 35.5 Å². The van der Waals surface area contributed by atoms with Crippen LogP contribution in [0.4, 0.5) is 4.39 Å². The van der Waals surface area contributed by atoms with Crippen molar-refractivity contribution < 1.29 is 12.8 Å². The van der Waals surface area contributed by atoms with Crippen LogP contribution in [0.1, 0.15) is 5.56 Å². The molecule has 0 atom stereocenters. The quantitative estimate of drug-likeness (QED) is 0.639. The Kier molecular flexibility index (Phi) is 3.11. The van der Waals surface area contributed by atoms with Crippen LogP contribution in [0.25, 0.3) is 5.69 Å². The third-order valence-electron chi connectivity index (χ3n) is 2.48. The van der Waals surface area contributed by atoms with Crippen molar-refractivity contribution in [2.75, 3.05) is 6.26 Å². The summed E-state index contributed by atoms with van der Waals surface area (Å²) in [6, 6.07) is 3.66. The second kappa shape index (κ2) is 4.47. The van der Waals surface area contributed by atoms with Crippen LogP contribution < -0.4 is 5.73 Å². The Balaban J connectivity index is 2.60. The zero-order valence-corrected chi connectivity index (χ0v) is 10.8. The lowest BCUT2D eigenvalue weighted by Gasteiger charge is -2.08. The van der Waals surface area contributed by atoms with Gasteiger partial charge in [-0.05, 0) is 18.2 Å². The topological polar surface area (TPSA) is 102 Å². The van der Waals surface area contributed by atoms with Crippen LogP contribution >= 0.6 is 0 Å². The van der Waals surface area contributed by atoms with Crippen LogP contribution in [-0.2, 0) is 9.84 Å². The lowest BCUT2D eigenvalue weighted by molar-refractivity contribution is 0.602. The molecule has 8 heteroatoms. The number of amidine groups is 1. The molecule has 6 nitrogen and oxygen atoms in total. The van der Waals surface area contributed by atoms with Crippen LogP contribution in [0.3, 0.4) is 0 Å². The average Bonchev–Trinajstić information content (AvgIpc) is 2.77. The minimum atomic E-state index is -3.37. The molecule has 0 saturated heterocycles. The van der Waals surface area contributed by atoms with E-state index in [1.165, 1.54) is 29.2 Å². The van der Waals surface area contributed by atoms with Gasteiger partial charge in [-0.2, -0.15) is 5.10 Å². The van der Waals surface area contributed by atoms with E-state index in [4.69, 9.17) is 11.1 Å². The molecule has 0 saturated carbocycles. The predicted molar refractivity (Wildman–Crippen MR) is 67.6 cm³/mol. The summed E-state index contributed by atoms with van der Waals surface area (Å²) in [6.07, 6.45) is 3.53. The molecule has 1 heterocycles. The molecule has 0 bridgehead atoms. The molecule has 0 aliphatic carbocycles. The molecule has 1 aromatic carbocycles. The molecular formula is C11H11FN4O2S. The highest BCUT2D eigenvalue weighted by Crippen LogP contribution is 2.17. The number of benzene rings is 1. The average molecular weight is 282 g/mol. The summed E-state index contributed by atoms with van der Waals surface area (Å²) in [5.41, 5.74) is 5.85. The maximum atomic E-state index is 13.1. The molecule has 0 aliphatic rings. The van der Waals surface area contributed by atoms with Crippen LogP contribution in [0, 0.1) is 11.2 Å². The minimum absolute atomic E-state index is 0.0336. The van der Waals surface area contributed by atoms with Crippen molar-refractivity contribution >= 4 is 15.7 Å². The van der Waals surface area contributed by atoms with E-state index in [-0.39, 0.29) is 16.3 Å². The van der Waals surface area contributed by atoms with Crippen molar-refractivity contribution in [2.24, 2.45) is 5.73 Å². The Morgan fingerprint density at radius 1 is 1.47 bits per heavy atom. The first-order chi connectivity index (χ1) is 8.79. The Morgan fingerprint density at radius 2 is 2.16 bits per heavy atom. The highest BCUT2D eigenvalue weighted by Gasteiger charge is 2.14. The van der Waals surface area contributed by atoms with Gasteiger partial charge in [0.1, 0.15) is 16.5 Å². The zero-order chi connectivity index (χ0) is 14.2. The molecule has 1 aromatic heterocycles. The molecule has 0 fully saturated rings. The van der Waals surface area contributed by atoms with Gasteiger partial charge in [0.25, 0.3) is 0 Å². The number of nitrogens with one attached hydrogen (secondary N) is 1. The Morgan fingerprint density at radius 3 is 2.68 bits per heavy atom. The van der Waals surface area contributed by atoms with E-state index in [0.29, 0.717) is 5.69 Å². The molecule has 0 radical (unpaired) electrons. The first kappa shape index (κ1) is 13.2. The van der Waals surface area contributed by atoms with Crippen molar-refractivity contribution in [1.82, 2.24) is 9.78 Å². The summed E-state index contributed by atoms with van der Waals surface area (Å²) in [4.78, 5) is 0.0336. The smallest absolute Gasteiger partial charge is 0.178 e. The standard InChI is InChI=1S/C11H11FN4O2S/c1-19(17,18)8-5-15-16(6-8)10-3-2-7(12)4-9(10)11(13)14/h2-6H,1H3,(H3,13,14). The van der Waals surface area contributed by atoms with Gasteiger partial charge in [-0.3, -0.25) is 5.41 Å². The molecule has 100 valence electrons. The normalized spacial score (nSPS) is 11.5. The fourth-order valence-corrected chi connectivity index (χ4v) is 2.08. The van der Waals surface area contributed by atoms with Gasteiger partial charge in [0.15, 0.2) is 9.84 Å². The molecule has 2 aromatic rings. The Bertz CT molecular complexity index is 752. The van der Waals surface area contributed by atoms with Gasteiger partial charge in [0.2, 0.25) is 0 Å². The predicted octanol–water partition coefficient (Wildman–Crippen LogP) is 0.699. The van der Waals surface area contributed by atoms with Gasteiger partial charge in [0.05, 0.1) is 11.9 Å². The first-order valence-corrected chi connectivity index (χ1v) is 7.07. The van der Waals surface area contributed by atoms with Crippen molar-refractivity contribution in [3.63, 3.8) is 0 Å². The van der Waals surface area contributed by atoms with Gasteiger partial charge in [-0.15, -0.1) is 0 Å². The number of nitrogens with two attached hydrogens (primary N) is 1. The Hall–Kier alpha value is -2.22. The summed E-state index contributed by atoms with van der Waals surface area (Å²) in [5.74, 6) is -0.865. The summed E-state index contributed by atoms with van der Waals surface area (Å²) in [7, 11) is -3.37. The van der Waals surface area contributed by atoms with Crippen LogP contribution in [0.2, 0.25) is 0 Å². The van der Waals surface area contributed by atoms with Gasteiger partial charge in [-0.1, -0.05) is 0 Å². The summed E-state index contributed by atoms with van der Waals surface area (Å²) in [5, 5.41) is 11.3. The van der Waals surface area contributed by atoms with E-state index in [1.54, 1.807) is 0 Å². The van der Waals surface area contributed by atoms with Crippen LogP contribution in [-0.4, -0.2) is 30.3 Å². The van der Waals surface area contributed by atoms with E-state index >= 15 is 0 Å². The number of hydrogen-bond donors (Lipinski definition) is 2. The summed E-state index contributed by atoms with van der Waals surface area (Å²) < 4.78 is 37.1. The number of nitrogens with zero attached hydrogens (tertiary/aromatic N) is 2. The molecule has 0 aliphatic heterocycles. The minimum Gasteiger partial charge on any atom is -0.384 e. The van der Waals surface area contributed by atoms with Crippen molar-refractivity contribution in [2.45, 2.75) is 4.90 Å². The van der Waals surface area contributed by atoms with Crippen LogP contribution in [0.5, 0.6) is 0 Å². The third-order valence-corrected chi connectivity index (χ3v) is 3.55. The second-order valence-electron chi connectivity index (χ2n) is 3.97. The van der Waals surface area contributed by atoms with E-state index < -0.39 is 15.7 Å². The highest BCUT2D eigenvalue weighted by atomic mass is 32.2. The second-order valence-corrected chi connectivity index (χ2v) is 5.98. The third kappa shape index (κ3) is 2.63. The molecule has 0 unspecified atom stereocenters. The van der Waals surface area contributed by atoms with E-state index in [2.05, 4.69) is 5.10 Å². The summed E-state index contributed by atoms with van der Waals surface area (Å²) in [6.45, 7) is 0. The first-order valence-electron chi connectivity index (χ1n) is 5.18. The van der Waals surface area contributed by atoms with E-state index in [1.807, 2.05) is 0 Å². The molecule has 2 rings (SSSR count). The lowest BCUT2D eigenvalue weighted by atomic mass is 10.1. The number of nitrogen functional groups attached to an aromatic ring is 1. The fourth-order valence-electron chi connectivity index (χ4n) is 1.55. The molecule has 3 N–H and O–H groups in total. The number of sulfone groups is 1. The van der Waals surface area contributed by atoms with E-state index in [9.17, 15) is 12.8 Å². The molecule has 19 heavy (non-hydrogen) atoms. The highest BCUT2D eigenvalue weighted by molar-refractivity contribution is 7.90. The van der Waals surface area contributed by atoms with Gasteiger partial charge < -0.3 is 5.73 Å². The number of halogens is 1. The maximum Gasteiger partial charge on any atom is 0.178 e. The van der Waals surface area contributed by atoms with Gasteiger partial charge in [0, 0.05) is 18.0 Å². The fraction of sp³-hybridized carbons (Fsp3) is 0.0909. The number of rotatable bonds is 3. The molecule has 0 spiro atoms. The number of aromatic nitrogens is 2. The Labute approximate surface area is 109 Å². The zero-order valence-electron chi connectivity index (χ0n) is 9.96. The lowest BCUT2D eigenvalue weighted by Crippen LogP contribution is -2.15. The maximum absolute atomic E-state index is 13.1.